The zero-order chi connectivity index (χ0) is 24.2. The Morgan fingerprint density at radius 3 is 2.33 bits per heavy atom. The second-order valence-corrected chi connectivity index (χ2v) is 9.01. The van der Waals surface area contributed by atoms with Crippen molar-refractivity contribution in [2.45, 2.75) is 58.5 Å². The van der Waals surface area contributed by atoms with Gasteiger partial charge in [0.15, 0.2) is 0 Å². The van der Waals surface area contributed by atoms with Crippen LogP contribution in [0.25, 0.3) is 0 Å². The van der Waals surface area contributed by atoms with Crippen LogP contribution in [0, 0.1) is 0 Å². The van der Waals surface area contributed by atoms with Gasteiger partial charge in [0.25, 0.3) is 0 Å². The van der Waals surface area contributed by atoms with E-state index in [-0.39, 0.29) is 24.8 Å². The van der Waals surface area contributed by atoms with Gasteiger partial charge in [-0.3, -0.25) is 9.59 Å². The number of rotatable bonds is 13. The van der Waals surface area contributed by atoms with Gasteiger partial charge < -0.3 is 15.0 Å². The van der Waals surface area contributed by atoms with Gasteiger partial charge in [-0.05, 0) is 61.2 Å². The Hall–Kier alpha value is -1.95. The molecule has 0 aromatic heterocycles. The Kier molecular flexibility index (Phi) is 11.9. The van der Waals surface area contributed by atoms with E-state index in [9.17, 15) is 9.59 Å². The van der Waals surface area contributed by atoms with Gasteiger partial charge >= 0.3 is 0 Å². The molecule has 0 bridgehead atoms. The van der Waals surface area contributed by atoms with Gasteiger partial charge in [0, 0.05) is 34.6 Å². The Morgan fingerprint density at radius 1 is 1.00 bits per heavy atom. The SMILES string of the molecule is CCCCNC(=O)[C@H](CC)N(Cc1ccc(Cl)cc1Cl)C(=O)CCCOc1ccc(Cl)cc1. The molecule has 2 amide bonds. The number of benzene rings is 2. The molecule has 0 radical (unpaired) electrons. The molecule has 33 heavy (non-hydrogen) atoms. The molecule has 2 aromatic carbocycles. The average molecular weight is 514 g/mol. The summed E-state index contributed by atoms with van der Waals surface area (Å²) in [5, 5.41) is 4.57. The van der Waals surface area contributed by atoms with Crippen molar-refractivity contribution in [2.75, 3.05) is 13.2 Å². The van der Waals surface area contributed by atoms with Gasteiger partial charge in [-0.25, -0.2) is 0 Å². The summed E-state index contributed by atoms with van der Waals surface area (Å²) >= 11 is 18.3. The Morgan fingerprint density at radius 2 is 1.70 bits per heavy atom. The topological polar surface area (TPSA) is 58.6 Å². The first-order chi connectivity index (χ1) is 15.8. The van der Waals surface area contributed by atoms with E-state index >= 15 is 0 Å². The van der Waals surface area contributed by atoms with Crippen molar-refractivity contribution >= 4 is 46.6 Å². The Bertz CT molecular complexity index is 906. The van der Waals surface area contributed by atoms with E-state index < -0.39 is 6.04 Å². The fourth-order valence-electron chi connectivity index (χ4n) is 3.35. The van der Waals surface area contributed by atoms with Crippen molar-refractivity contribution < 1.29 is 14.3 Å². The quantitative estimate of drug-likeness (QED) is 0.310. The zero-order valence-corrected chi connectivity index (χ0v) is 21.3. The largest absolute Gasteiger partial charge is 0.494 e. The first kappa shape index (κ1) is 27.3. The molecule has 1 N–H and O–H groups in total. The van der Waals surface area contributed by atoms with E-state index in [4.69, 9.17) is 39.5 Å². The monoisotopic (exact) mass is 512 g/mol. The summed E-state index contributed by atoms with van der Waals surface area (Å²) in [6.07, 6.45) is 3.13. The summed E-state index contributed by atoms with van der Waals surface area (Å²) in [5.74, 6) is 0.415. The minimum Gasteiger partial charge on any atom is -0.494 e. The number of carbonyl (C=O) groups excluding carboxylic acids is 2. The number of nitrogens with zero attached hydrogens (tertiary/aromatic N) is 1. The van der Waals surface area contributed by atoms with Crippen LogP contribution in [0.2, 0.25) is 15.1 Å². The summed E-state index contributed by atoms with van der Waals surface area (Å²) in [6.45, 7) is 5.16. The van der Waals surface area contributed by atoms with Crippen LogP contribution >= 0.6 is 34.8 Å². The van der Waals surface area contributed by atoms with Crippen LogP contribution in [0.1, 0.15) is 51.5 Å². The van der Waals surface area contributed by atoms with Crippen molar-refractivity contribution in [3.05, 3.63) is 63.1 Å². The lowest BCUT2D eigenvalue weighted by molar-refractivity contribution is -0.141. The molecule has 0 aliphatic heterocycles. The molecule has 2 rings (SSSR count). The minimum atomic E-state index is -0.585. The van der Waals surface area contributed by atoms with Gasteiger partial charge in [-0.1, -0.05) is 61.1 Å². The van der Waals surface area contributed by atoms with Crippen LogP contribution in [-0.2, 0) is 16.1 Å². The van der Waals surface area contributed by atoms with Crippen molar-refractivity contribution in [2.24, 2.45) is 0 Å². The normalized spacial score (nSPS) is 11.7. The van der Waals surface area contributed by atoms with E-state index in [2.05, 4.69) is 12.2 Å². The number of nitrogens with one attached hydrogen (secondary N) is 1. The van der Waals surface area contributed by atoms with E-state index in [0.29, 0.717) is 46.8 Å². The molecule has 0 unspecified atom stereocenters. The van der Waals surface area contributed by atoms with E-state index in [1.54, 1.807) is 47.4 Å². The highest BCUT2D eigenvalue weighted by atomic mass is 35.5. The third-order valence-corrected chi connectivity index (χ3v) is 6.03. The summed E-state index contributed by atoms with van der Waals surface area (Å²) in [6, 6.07) is 11.6. The van der Waals surface area contributed by atoms with Crippen molar-refractivity contribution in [3.63, 3.8) is 0 Å². The lowest BCUT2D eigenvalue weighted by Gasteiger charge is -2.31. The van der Waals surface area contributed by atoms with Crippen molar-refractivity contribution in [1.29, 1.82) is 0 Å². The molecule has 1 atom stereocenters. The smallest absolute Gasteiger partial charge is 0.242 e. The first-order valence-corrected chi connectivity index (χ1v) is 12.4. The van der Waals surface area contributed by atoms with Crippen LogP contribution in [-0.4, -0.2) is 35.9 Å². The van der Waals surface area contributed by atoms with Crippen molar-refractivity contribution in [1.82, 2.24) is 10.2 Å². The zero-order valence-electron chi connectivity index (χ0n) is 19.1. The molecule has 0 saturated heterocycles. The minimum absolute atomic E-state index is 0.127. The van der Waals surface area contributed by atoms with Gasteiger partial charge in [0.05, 0.1) is 6.61 Å². The van der Waals surface area contributed by atoms with Crippen LogP contribution in [0.4, 0.5) is 0 Å². The third-order valence-electron chi connectivity index (χ3n) is 5.19. The Balaban J connectivity index is 2.07. The summed E-state index contributed by atoms with van der Waals surface area (Å²) < 4.78 is 5.70. The van der Waals surface area contributed by atoms with Gasteiger partial charge in [-0.2, -0.15) is 0 Å². The number of halogens is 3. The molecule has 0 saturated carbocycles. The van der Waals surface area contributed by atoms with Gasteiger partial charge in [-0.15, -0.1) is 0 Å². The fraction of sp³-hybridized carbons (Fsp3) is 0.440. The second-order valence-electron chi connectivity index (χ2n) is 7.73. The summed E-state index contributed by atoms with van der Waals surface area (Å²) in [7, 11) is 0. The predicted octanol–water partition coefficient (Wildman–Crippen LogP) is 6.53. The molecule has 5 nitrogen and oxygen atoms in total. The van der Waals surface area contributed by atoms with Crippen LogP contribution in [0.15, 0.2) is 42.5 Å². The fourth-order valence-corrected chi connectivity index (χ4v) is 3.94. The molecular weight excluding hydrogens is 483 g/mol. The summed E-state index contributed by atoms with van der Waals surface area (Å²) in [4.78, 5) is 27.7. The van der Waals surface area contributed by atoms with Crippen molar-refractivity contribution in [3.8, 4) is 5.75 Å². The number of unbranched alkanes of at least 4 members (excludes halogenated alkanes) is 1. The molecule has 0 fully saturated rings. The molecular formula is C25H31Cl3N2O3. The molecule has 2 aromatic rings. The molecule has 0 aliphatic carbocycles. The maximum Gasteiger partial charge on any atom is 0.242 e. The molecule has 180 valence electrons. The van der Waals surface area contributed by atoms with E-state index in [1.165, 1.54) is 0 Å². The third kappa shape index (κ3) is 9.07. The number of carbonyl (C=O) groups is 2. The number of hydrogen-bond donors (Lipinski definition) is 1. The maximum atomic E-state index is 13.2. The van der Waals surface area contributed by atoms with Crippen LogP contribution in [0.3, 0.4) is 0 Å². The first-order valence-electron chi connectivity index (χ1n) is 11.2. The van der Waals surface area contributed by atoms with Gasteiger partial charge in [0.1, 0.15) is 11.8 Å². The number of amides is 2. The maximum absolute atomic E-state index is 13.2. The number of ether oxygens (including phenoxy) is 1. The van der Waals surface area contributed by atoms with Gasteiger partial charge in [0.2, 0.25) is 11.8 Å². The number of hydrogen-bond acceptors (Lipinski definition) is 3. The molecule has 0 aliphatic rings. The highest BCUT2D eigenvalue weighted by molar-refractivity contribution is 6.35. The lowest BCUT2D eigenvalue weighted by Crippen LogP contribution is -2.49. The standard InChI is InChI=1S/C25H31Cl3N2O3/c1-3-5-14-29-25(32)23(4-2)30(17-18-8-9-20(27)16-22(18)28)24(31)7-6-15-33-21-12-10-19(26)11-13-21/h8-13,16,23H,3-7,14-15,17H2,1-2H3,(H,29,32)/t23-/m0/s1. The average Bonchev–Trinajstić information content (AvgIpc) is 2.79. The molecule has 0 spiro atoms. The van der Waals surface area contributed by atoms with Crippen LogP contribution < -0.4 is 10.1 Å². The lowest BCUT2D eigenvalue weighted by atomic mass is 10.1. The molecule has 8 heteroatoms. The molecule has 0 heterocycles. The second kappa shape index (κ2) is 14.3. The highest BCUT2D eigenvalue weighted by Gasteiger charge is 2.28. The predicted molar refractivity (Wildman–Crippen MR) is 135 cm³/mol. The van der Waals surface area contributed by atoms with Crippen LogP contribution in [0.5, 0.6) is 5.75 Å². The summed E-state index contributed by atoms with van der Waals surface area (Å²) in [5.41, 5.74) is 0.742. The van der Waals surface area contributed by atoms with E-state index in [1.807, 2.05) is 6.92 Å². The highest BCUT2D eigenvalue weighted by Crippen LogP contribution is 2.24. The van der Waals surface area contributed by atoms with E-state index in [0.717, 1.165) is 18.4 Å². The Labute approximate surface area is 211 Å².